The van der Waals surface area contributed by atoms with Crippen molar-refractivity contribution in [2.24, 2.45) is 5.73 Å². The van der Waals surface area contributed by atoms with Gasteiger partial charge < -0.3 is 20.7 Å². The third kappa shape index (κ3) is 4.16. The van der Waals surface area contributed by atoms with Crippen LogP contribution in [0.3, 0.4) is 0 Å². The van der Waals surface area contributed by atoms with E-state index in [0.29, 0.717) is 24.5 Å². The molecule has 2 amide bonds. The van der Waals surface area contributed by atoms with Gasteiger partial charge in [-0.1, -0.05) is 42.5 Å². The normalized spacial score (nSPS) is 14.4. The fraction of sp³-hybridized carbons (Fsp3) is 0.263. The SMILES string of the molecule is NC(CNC(=O)CCN1C(=O)COc2ccccc21)c1ccccc1. The zero-order valence-corrected chi connectivity index (χ0v) is 13.9. The lowest BCUT2D eigenvalue weighted by Gasteiger charge is -2.29. The Kier molecular flexibility index (Phi) is 5.30. The standard InChI is InChI=1S/C19H21N3O3/c20-15(14-6-2-1-3-7-14)12-21-18(23)10-11-22-16-8-4-5-9-17(16)25-13-19(22)24/h1-9,15H,10-13,20H2,(H,21,23). The lowest BCUT2D eigenvalue weighted by atomic mass is 10.1. The number of nitrogens with one attached hydrogen (secondary N) is 1. The van der Waals surface area contributed by atoms with E-state index in [4.69, 9.17) is 10.5 Å². The van der Waals surface area contributed by atoms with E-state index in [-0.39, 0.29) is 30.9 Å². The maximum absolute atomic E-state index is 12.1. The lowest BCUT2D eigenvalue weighted by Crippen LogP contribution is -2.41. The molecule has 1 atom stereocenters. The molecule has 3 rings (SSSR count). The predicted molar refractivity (Wildman–Crippen MR) is 95.3 cm³/mol. The monoisotopic (exact) mass is 339 g/mol. The summed E-state index contributed by atoms with van der Waals surface area (Å²) in [5, 5.41) is 2.83. The molecule has 6 nitrogen and oxygen atoms in total. The molecule has 0 bridgehead atoms. The van der Waals surface area contributed by atoms with Crippen LogP contribution in [-0.2, 0) is 9.59 Å². The fourth-order valence-electron chi connectivity index (χ4n) is 2.74. The van der Waals surface area contributed by atoms with E-state index in [1.807, 2.05) is 54.6 Å². The Hall–Kier alpha value is -2.86. The van der Waals surface area contributed by atoms with E-state index in [9.17, 15) is 9.59 Å². The third-order valence-electron chi connectivity index (χ3n) is 4.12. The molecule has 1 unspecified atom stereocenters. The number of anilines is 1. The molecule has 0 aliphatic carbocycles. The highest BCUT2D eigenvalue weighted by Gasteiger charge is 2.25. The van der Waals surface area contributed by atoms with Crippen molar-refractivity contribution in [1.82, 2.24) is 5.32 Å². The molecule has 0 spiro atoms. The number of carbonyl (C=O) groups excluding carboxylic acids is 2. The fourth-order valence-corrected chi connectivity index (χ4v) is 2.74. The number of hydrogen-bond acceptors (Lipinski definition) is 4. The van der Waals surface area contributed by atoms with E-state index in [0.717, 1.165) is 5.56 Å². The summed E-state index contributed by atoms with van der Waals surface area (Å²) >= 11 is 0. The van der Waals surface area contributed by atoms with E-state index < -0.39 is 0 Å². The number of amides is 2. The maximum Gasteiger partial charge on any atom is 0.265 e. The number of nitrogens with two attached hydrogens (primary N) is 1. The van der Waals surface area contributed by atoms with Gasteiger partial charge in [-0.2, -0.15) is 0 Å². The van der Waals surface area contributed by atoms with Crippen molar-refractivity contribution < 1.29 is 14.3 Å². The van der Waals surface area contributed by atoms with Crippen molar-refractivity contribution in [3.63, 3.8) is 0 Å². The summed E-state index contributed by atoms with van der Waals surface area (Å²) < 4.78 is 5.39. The van der Waals surface area contributed by atoms with Gasteiger partial charge in [0.1, 0.15) is 5.75 Å². The summed E-state index contributed by atoms with van der Waals surface area (Å²) in [5.74, 6) is 0.379. The molecule has 0 aromatic heterocycles. The van der Waals surface area contributed by atoms with Crippen LogP contribution in [0.1, 0.15) is 18.0 Å². The largest absolute Gasteiger partial charge is 0.482 e. The molecule has 1 aliphatic rings. The number of ether oxygens (including phenoxy) is 1. The van der Waals surface area contributed by atoms with E-state index in [2.05, 4.69) is 5.32 Å². The van der Waals surface area contributed by atoms with Crippen LogP contribution < -0.4 is 20.7 Å². The first kappa shape index (κ1) is 17.0. The average Bonchev–Trinajstić information content (AvgIpc) is 2.66. The minimum Gasteiger partial charge on any atom is -0.482 e. The van der Waals surface area contributed by atoms with Crippen molar-refractivity contribution in [2.45, 2.75) is 12.5 Å². The molecule has 2 aromatic carbocycles. The van der Waals surface area contributed by atoms with Crippen molar-refractivity contribution in [2.75, 3.05) is 24.6 Å². The quantitative estimate of drug-likeness (QED) is 0.837. The number of hydrogen-bond donors (Lipinski definition) is 2. The minimum absolute atomic E-state index is 0.00247. The van der Waals surface area contributed by atoms with Crippen molar-refractivity contribution in [1.29, 1.82) is 0 Å². The molecule has 0 saturated heterocycles. The van der Waals surface area contributed by atoms with Crippen LogP contribution in [-0.4, -0.2) is 31.5 Å². The summed E-state index contributed by atoms with van der Waals surface area (Å²) in [5.41, 5.74) is 7.75. The number of fused-ring (bicyclic) bond motifs is 1. The zero-order valence-electron chi connectivity index (χ0n) is 13.9. The van der Waals surface area contributed by atoms with Gasteiger partial charge in [-0.25, -0.2) is 0 Å². The smallest absolute Gasteiger partial charge is 0.265 e. The lowest BCUT2D eigenvalue weighted by molar-refractivity contribution is -0.122. The Balaban J connectivity index is 1.52. The molecule has 2 aromatic rings. The molecule has 0 saturated carbocycles. The Morgan fingerprint density at radius 1 is 1.16 bits per heavy atom. The molecular weight excluding hydrogens is 318 g/mol. The molecule has 0 fully saturated rings. The van der Waals surface area contributed by atoms with Gasteiger partial charge in [0.05, 0.1) is 5.69 Å². The second kappa shape index (κ2) is 7.81. The van der Waals surface area contributed by atoms with Crippen LogP contribution in [0, 0.1) is 0 Å². The molecule has 130 valence electrons. The van der Waals surface area contributed by atoms with E-state index >= 15 is 0 Å². The number of rotatable bonds is 6. The molecule has 1 heterocycles. The van der Waals surface area contributed by atoms with Crippen LogP contribution in [0.15, 0.2) is 54.6 Å². The summed E-state index contributed by atoms with van der Waals surface area (Å²) in [7, 11) is 0. The highest BCUT2D eigenvalue weighted by Crippen LogP contribution is 2.31. The van der Waals surface area contributed by atoms with Crippen LogP contribution in [0.25, 0.3) is 0 Å². The van der Waals surface area contributed by atoms with Gasteiger partial charge in [-0.05, 0) is 17.7 Å². The topological polar surface area (TPSA) is 84.7 Å². The summed E-state index contributed by atoms with van der Waals surface area (Å²) in [6.45, 7) is 0.666. The highest BCUT2D eigenvalue weighted by molar-refractivity contribution is 5.98. The van der Waals surface area contributed by atoms with Crippen LogP contribution >= 0.6 is 0 Å². The van der Waals surface area contributed by atoms with Crippen LogP contribution in [0.5, 0.6) is 5.75 Å². The first-order valence-electron chi connectivity index (χ1n) is 8.24. The van der Waals surface area contributed by atoms with Gasteiger partial charge >= 0.3 is 0 Å². The van der Waals surface area contributed by atoms with Crippen LogP contribution in [0.4, 0.5) is 5.69 Å². The molecule has 6 heteroatoms. The summed E-state index contributed by atoms with van der Waals surface area (Å²) in [6, 6.07) is 16.7. The molecule has 0 radical (unpaired) electrons. The summed E-state index contributed by atoms with van der Waals surface area (Å²) in [6.07, 6.45) is 0.210. The Bertz CT molecular complexity index is 749. The number of nitrogens with zero attached hydrogens (tertiary/aromatic N) is 1. The van der Waals surface area contributed by atoms with Crippen molar-refractivity contribution >= 4 is 17.5 Å². The molecule has 3 N–H and O–H groups in total. The van der Waals surface area contributed by atoms with Gasteiger partial charge in [0, 0.05) is 25.6 Å². The Labute approximate surface area is 146 Å². The van der Waals surface area contributed by atoms with Gasteiger partial charge in [-0.3, -0.25) is 9.59 Å². The summed E-state index contributed by atoms with van der Waals surface area (Å²) in [4.78, 5) is 25.8. The van der Waals surface area contributed by atoms with Crippen LogP contribution in [0.2, 0.25) is 0 Å². The molecule has 1 aliphatic heterocycles. The highest BCUT2D eigenvalue weighted by atomic mass is 16.5. The van der Waals surface area contributed by atoms with Gasteiger partial charge in [-0.15, -0.1) is 0 Å². The number of benzene rings is 2. The zero-order chi connectivity index (χ0) is 17.6. The van der Waals surface area contributed by atoms with E-state index in [1.54, 1.807) is 4.90 Å². The average molecular weight is 339 g/mol. The first-order valence-corrected chi connectivity index (χ1v) is 8.24. The number of carbonyl (C=O) groups is 2. The minimum atomic E-state index is -0.254. The van der Waals surface area contributed by atoms with Gasteiger partial charge in [0.25, 0.3) is 5.91 Å². The van der Waals surface area contributed by atoms with Gasteiger partial charge in [0.2, 0.25) is 5.91 Å². The first-order chi connectivity index (χ1) is 12.1. The molecular formula is C19H21N3O3. The van der Waals surface area contributed by atoms with Crippen molar-refractivity contribution in [3.05, 3.63) is 60.2 Å². The van der Waals surface area contributed by atoms with Gasteiger partial charge in [0.15, 0.2) is 6.61 Å². The predicted octanol–water partition coefficient (Wildman–Crippen LogP) is 1.62. The third-order valence-corrected chi connectivity index (χ3v) is 4.12. The van der Waals surface area contributed by atoms with Crippen molar-refractivity contribution in [3.8, 4) is 5.75 Å². The second-order valence-corrected chi connectivity index (χ2v) is 5.87. The Morgan fingerprint density at radius 3 is 2.68 bits per heavy atom. The molecule has 25 heavy (non-hydrogen) atoms. The number of para-hydroxylation sites is 2. The second-order valence-electron chi connectivity index (χ2n) is 5.87. The Morgan fingerprint density at radius 2 is 1.88 bits per heavy atom. The van der Waals surface area contributed by atoms with E-state index in [1.165, 1.54) is 0 Å². The maximum atomic E-state index is 12.1.